The van der Waals surface area contributed by atoms with E-state index in [0.29, 0.717) is 0 Å². The molecule has 0 fully saturated rings. The van der Waals surface area contributed by atoms with Crippen LogP contribution in [0.15, 0.2) is 42.7 Å². The van der Waals surface area contributed by atoms with Crippen molar-refractivity contribution < 1.29 is 9.18 Å². The average molecular weight is 322 g/mol. The lowest BCUT2D eigenvalue weighted by Crippen LogP contribution is -2.38. The molecule has 0 spiro atoms. The van der Waals surface area contributed by atoms with Crippen LogP contribution in [0, 0.1) is 5.82 Å². The van der Waals surface area contributed by atoms with Gasteiger partial charge in [0.05, 0.1) is 11.1 Å². The molecule has 1 N–H and O–H groups in total. The summed E-state index contributed by atoms with van der Waals surface area (Å²) in [5, 5.41) is 2.83. The van der Waals surface area contributed by atoms with Gasteiger partial charge >= 0.3 is 6.03 Å². The number of rotatable bonds is 4. The van der Waals surface area contributed by atoms with Gasteiger partial charge in [0.25, 0.3) is 0 Å². The van der Waals surface area contributed by atoms with E-state index in [9.17, 15) is 9.18 Å². The highest BCUT2D eigenvalue weighted by molar-refractivity contribution is 6.30. The molecule has 1 atom stereocenters. The number of urea groups is 1. The third kappa shape index (κ3) is 3.95. The normalized spacial score (nSPS) is 11.8. The standard InChI is InChI=1S/C16H17ClFN3O/c1-11(13-4-3-7-19-10-13)21(2)16(22)20-9-12-5-6-15(18)14(17)8-12/h3-8,10-11H,9H2,1-2H3,(H,20,22). The first-order valence-electron chi connectivity index (χ1n) is 6.83. The molecule has 116 valence electrons. The lowest BCUT2D eigenvalue weighted by molar-refractivity contribution is 0.194. The third-order valence-corrected chi connectivity index (χ3v) is 3.79. The van der Waals surface area contributed by atoms with Crippen molar-refractivity contribution in [3.05, 3.63) is 64.7 Å². The minimum absolute atomic E-state index is 0.0452. The van der Waals surface area contributed by atoms with Gasteiger partial charge in [-0.05, 0) is 36.2 Å². The first kappa shape index (κ1) is 16.2. The molecule has 2 aromatic rings. The van der Waals surface area contributed by atoms with Gasteiger partial charge < -0.3 is 10.2 Å². The molecule has 0 aliphatic carbocycles. The Morgan fingerprint density at radius 3 is 2.86 bits per heavy atom. The number of amides is 2. The van der Waals surface area contributed by atoms with E-state index < -0.39 is 5.82 Å². The van der Waals surface area contributed by atoms with Crippen molar-refractivity contribution in [3.63, 3.8) is 0 Å². The summed E-state index contributed by atoms with van der Waals surface area (Å²) >= 11 is 5.72. The van der Waals surface area contributed by atoms with Gasteiger partial charge in [-0.3, -0.25) is 4.98 Å². The van der Waals surface area contributed by atoms with Gasteiger partial charge in [-0.15, -0.1) is 0 Å². The fourth-order valence-corrected chi connectivity index (χ4v) is 2.18. The van der Waals surface area contributed by atoms with Gasteiger partial charge in [-0.25, -0.2) is 9.18 Å². The highest BCUT2D eigenvalue weighted by Crippen LogP contribution is 2.18. The van der Waals surface area contributed by atoms with Crippen LogP contribution in [-0.2, 0) is 6.54 Å². The number of hydrogen-bond donors (Lipinski definition) is 1. The molecule has 2 amide bonds. The highest BCUT2D eigenvalue weighted by Gasteiger charge is 2.17. The molecular weight excluding hydrogens is 305 g/mol. The lowest BCUT2D eigenvalue weighted by atomic mass is 10.1. The predicted octanol–water partition coefficient (Wildman–Crippen LogP) is 3.78. The number of pyridine rings is 1. The monoisotopic (exact) mass is 321 g/mol. The summed E-state index contributed by atoms with van der Waals surface area (Å²) in [4.78, 5) is 17.8. The molecule has 0 saturated carbocycles. The molecule has 22 heavy (non-hydrogen) atoms. The largest absolute Gasteiger partial charge is 0.334 e. The van der Waals surface area contributed by atoms with E-state index in [1.807, 2.05) is 19.1 Å². The highest BCUT2D eigenvalue weighted by atomic mass is 35.5. The van der Waals surface area contributed by atoms with Gasteiger partial charge in [0.1, 0.15) is 5.82 Å². The van der Waals surface area contributed by atoms with E-state index in [-0.39, 0.29) is 23.6 Å². The molecular formula is C16H17ClFN3O. The summed E-state index contributed by atoms with van der Waals surface area (Å²) in [7, 11) is 1.71. The van der Waals surface area contributed by atoms with Crippen molar-refractivity contribution in [2.45, 2.75) is 19.5 Å². The molecule has 0 aliphatic heterocycles. The fourth-order valence-electron chi connectivity index (χ4n) is 1.97. The smallest absolute Gasteiger partial charge is 0.317 e. The maximum absolute atomic E-state index is 13.1. The summed E-state index contributed by atoms with van der Waals surface area (Å²) in [6.07, 6.45) is 3.42. The van der Waals surface area contributed by atoms with Gasteiger partial charge in [-0.1, -0.05) is 23.7 Å². The zero-order valence-electron chi connectivity index (χ0n) is 12.4. The van der Waals surface area contributed by atoms with Crippen molar-refractivity contribution in [2.75, 3.05) is 7.05 Å². The van der Waals surface area contributed by atoms with Crippen LogP contribution in [0.2, 0.25) is 5.02 Å². The van der Waals surface area contributed by atoms with Crippen molar-refractivity contribution in [1.29, 1.82) is 0 Å². The number of halogens is 2. The van der Waals surface area contributed by atoms with Crippen LogP contribution in [-0.4, -0.2) is 23.0 Å². The van der Waals surface area contributed by atoms with Gasteiger partial charge in [0, 0.05) is 26.0 Å². The van der Waals surface area contributed by atoms with Crippen molar-refractivity contribution in [3.8, 4) is 0 Å². The summed E-state index contributed by atoms with van der Waals surface area (Å²) < 4.78 is 13.1. The molecule has 1 heterocycles. The Labute approximate surface area is 133 Å². The summed E-state index contributed by atoms with van der Waals surface area (Å²) in [6.45, 7) is 2.20. The van der Waals surface area contributed by atoms with Crippen LogP contribution in [0.25, 0.3) is 0 Å². The summed E-state index contributed by atoms with van der Waals surface area (Å²) in [5.41, 5.74) is 1.69. The van der Waals surface area contributed by atoms with Crippen LogP contribution in [0.3, 0.4) is 0 Å². The maximum Gasteiger partial charge on any atom is 0.317 e. The zero-order valence-corrected chi connectivity index (χ0v) is 13.1. The van der Waals surface area contributed by atoms with Crippen LogP contribution in [0.5, 0.6) is 0 Å². The number of carbonyl (C=O) groups excluding carboxylic acids is 1. The van der Waals surface area contributed by atoms with Crippen molar-refractivity contribution in [1.82, 2.24) is 15.2 Å². The second kappa shape index (κ2) is 7.22. The van der Waals surface area contributed by atoms with Crippen molar-refractivity contribution >= 4 is 17.6 Å². The zero-order chi connectivity index (χ0) is 16.1. The van der Waals surface area contributed by atoms with Crippen LogP contribution in [0.4, 0.5) is 9.18 Å². The van der Waals surface area contributed by atoms with Crippen molar-refractivity contribution in [2.24, 2.45) is 0 Å². The van der Waals surface area contributed by atoms with Gasteiger partial charge in [0.2, 0.25) is 0 Å². The number of benzene rings is 1. The minimum Gasteiger partial charge on any atom is -0.334 e. The number of nitrogens with one attached hydrogen (secondary N) is 1. The fraction of sp³-hybridized carbons (Fsp3) is 0.250. The molecule has 4 nitrogen and oxygen atoms in total. The SMILES string of the molecule is CC(c1cccnc1)N(C)C(=O)NCc1ccc(F)c(Cl)c1. The Morgan fingerprint density at radius 2 is 2.23 bits per heavy atom. The van der Waals surface area contributed by atoms with Crippen LogP contribution in [0.1, 0.15) is 24.1 Å². The van der Waals surface area contributed by atoms with Crippen LogP contribution < -0.4 is 5.32 Å². The van der Waals surface area contributed by atoms with Gasteiger partial charge in [0.15, 0.2) is 0 Å². The van der Waals surface area contributed by atoms with E-state index in [1.54, 1.807) is 30.4 Å². The number of aromatic nitrogens is 1. The number of carbonyl (C=O) groups is 1. The molecule has 0 radical (unpaired) electrons. The van der Waals surface area contributed by atoms with E-state index in [0.717, 1.165) is 11.1 Å². The van der Waals surface area contributed by atoms with Gasteiger partial charge in [-0.2, -0.15) is 0 Å². The minimum atomic E-state index is -0.473. The lowest BCUT2D eigenvalue weighted by Gasteiger charge is -2.25. The Kier molecular flexibility index (Phi) is 5.33. The van der Waals surface area contributed by atoms with E-state index in [1.165, 1.54) is 12.1 Å². The Morgan fingerprint density at radius 1 is 1.45 bits per heavy atom. The second-order valence-electron chi connectivity index (χ2n) is 4.98. The maximum atomic E-state index is 13.1. The third-order valence-electron chi connectivity index (χ3n) is 3.50. The predicted molar refractivity (Wildman–Crippen MR) is 84.1 cm³/mol. The summed E-state index contributed by atoms with van der Waals surface area (Å²) in [6, 6.07) is 7.79. The number of hydrogen-bond acceptors (Lipinski definition) is 2. The average Bonchev–Trinajstić information content (AvgIpc) is 2.55. The van der Waals surface area contributed by atoms with E-state index in [2.05, 4.69) is 10.3 Å². The Balaban J connectivity index is 1.95. The molecule has 1 unspecified atom stereocenters. The molecule has 1 aromatic heterocycles. The topological polar surface area (TPSA) is 45.2 Å². The second-order valence-corrected chi connectivity index (χ2v) is 5.39. The molecule has 0 aliphatic rings. The Hall–Kier alpha value is -2.14. The van der Waals surface area contributed by atoms with E-state index >= 15 is 0 Å². The molecule has 0 bridgehead atoms. The molecule has 1 aromatic carbocycles. The Bertz CT molecular complexity index is 651. The molecule has 6 heteroatoms. The number of nitrogens with zero attached hydrogens (tertiary/aromatic N) is 2. The quantitative estimate of drug-likeness (QED) is 0.931. The first-order valence-corrected chi connectivity index (χ1v) is 7.21. The molecule has 2 rings (SSSR count). The molecule has 0 saturated heterocycles. The first-order chi connectivity index (χ1) is 10.5. The summed E-state index contributed by atoms with van der Waals surface area (Å²) in [5.74, 6) is -0.473. The van der Waals surface area contributed by atoms with Crippen LogP contribution >= 0.6 is 11.6 Å². The van der Waals surface area contributed by atoms with E-state index in [4.69, 9.17) is 11.6 Å².